The lowest BCUT2D eigenvalue weighted by Crippen LogP contribution is -2.12. The molecular weight excluding hydrogens is 378 g/mol. The average Bonchev–Trinajstić information content (AvgIpc) is 3.26. The van der Waals surface area contributed by atoms with E-state index in [0.29, 0.717) is 28.4 Å². The van der Waals surface area contributed by atoms with Gasteiger partial charge in [0.25, 0.3) is 5.91 Å². The number of amides is 1. The maximum atomic E-state index is 13.2. The number of para-hydroxylation sites is 1. The number of hydrogen-bond acceptors (Lipinski definition) is 4. The van der Waals surface area contributed by atoms with Crippen LogP contribution < -0.4 is 14.8 Å². The van der Waals surface area contributed by atoms with Gasteiger partial charge in [0.2, 0.25) is 0 Å². The molecule has 0 aliphatic heterocycles. The number of nitrogens with zero attached hydrogens (tertiary/aromatic N) is 2. The molecule has 0 saturated heterocycles. The Hall–Kier alpha value is -4.06. The molecule has 0 spiro atoms. The topological polar surface area (TPSA) is 65.4 Å². The standard InChI is InChI=1S/C24H21N3O3/c1-29-20-13-18(14-21(15-20)30-2)25-24(28)22-16-27(19-11-7-4-8-12-19)26-23(22)17-9-5-3-6-10-17/h3-16H,1-2H3,(H,25,28). The number of carbonyl (C=O) groups excluding carboxylic acids is 1. The van der Waals surface area contributed by atoms with Crippen LogP contribution in [-0.2, 0) is 0 Å². The number of ether oxygens (including phenoxy) is 2. The molecule has 6 nitrogen and oxygen atoms in total. The molecule has 0 saturated carbocycles. The van der Waals surface area contributed by atoms with E-state index in [9.17, 15) is 4.79 Å². The largest absolute Gasteiger partial charge is 0.497 e. The number of methoxy groups -OCH3 is 2. The van der Waals surface area contributed by atoms with Crippen molar-refractivity contribution in [2.24, 2.45) is 0 Å². The van der Waals surface area contributed by atoms with Crippen LogP contribution in [0.1, 0.15) is 10.4 Å². The molecule has 1 amide bonds. The van der Waals surface area contributed by atoms with E-state index in [1.165, 1.54) is 0 Å². The van der Waals surface area contributed by atoms with Gasteiger partial charge in [-0.2, -0.15) is 5.10 Å². The van der Waals surface area contributed by atoms with Gasteiger partial charge in [0.15, 0.2) is 0 Å². The number of rotatable bonds is 6. The van der Waals surface area contributed by atoms with E-state index in [1.54, 1.807) is 43.3 Å². The molecule has 150 valence electrons. The third-order valence-electron chi connectivity index (χ3n) is 4.64. The van der Waals surface area contributed by atoms with Gasteiger partial charge in [-0.25, -0.2) is 4.68 Å². The molecule has 0 radical (unpaired) electrons. The third kappa shape index (κ3) is 4.03. The average molecular weight is 399 g/mol. The minimum Gasteiger partial charge on any atom is -0.497 e. The molecule has 6 heteroatoms. The third-order valence-corrected chi connectivity index (χ3v) is 4.64. The van der Waals surface area contributed by atoms with Crippen molar-refractivity contribution in [2.45, 2.75) is 0 Å². The Morgan fingerprint density at radius 3 is 2.07 bits per heavy atom. The van der Waals surface area contributed by atoms with Gasteiger partial charge in [0.1, 0.15) is 17.2 Å². The normalized spacial score (nSPS) is 10.5. The monoisotopic (exact) mass is 399 g/mol. The first-order chi connectivity index (χ1) is 14.7. The Morgan fingerprint density at radius 2 is 1.47 bits per heavy atom. The molecule has 4 aromatic rings. The number of carbonyl (C=O) groups is 1. The molecule has 0 bridgehead atoms. The Kier molecular flexibility index (Phi) is 5.48. The first-order valence-electron chi connectivity index (χ1n) is 9.43. The van der Waals surface area contributed by atoms with Crippen LogP contribution >= 0.6 is 0 Å². The summed E-state index contributed by atoms with van der Waals surface area (Å²) in [6, 6.07) is 24.6. The Morgan fingerprint density at radius 1 is 0.867 bits per heavy atom. The molecule has 4 rings (SSSR count). The molecule has 0 fully saturated rings. The highest BCUT2D eigenvalue weighted by atomic mass is 16.5. The van der Waals surface area contributed by atoms with E-state index >= 15 is 0 Å². The van der Waals surface area contributed by atoms with E-state index in [0.717, 1.165) is 11.3 Å². The molecule has 0 unspecified atom stereocenters. The van der Waals surface area contributed by atoms with E-state index < -0.39 is 0 Å². The summed E-state index contributed by atoms with van der Waals surface area (Å²) in [6.45, 7) is 0. The van der Waals surface area contributed by atoms with Crippen molar-refractivity contribution in [3.8, 4) is 28.4 Å². The summed E-state index contributed by atoms with van der Waals surface area (Å²) in [7, 11) is 3.13. The molecule has 1 aromatic heterocycles. The van der Waals surface area contributed by atoms with E-state index in [4.69, 9.17) is 9.47 Å². The van der Waals surface area contributed by atoms with Crippen molar-refractivity contribution in [3.63, 3.8) is 0 Å². The lowest BCUT2D eigenvalue weighted by Gasteiger charge is -2.10. The van der Waals surface area contributed by atoms with Crippen LogP contribution in [0.4, 0.5) is 5.69 Å². The quantitative estimate of drug-likeness (QED) is 0.505. The second-order valence-electron chi connectivity index (χ2n) is 6.59. The predicted octanol–water partition coefficient (Wildman–Crippen LogP) is 4.81. The fourth-order valence-corrected chi connectivity index (χ4v) is 3.14. The number of nitrogens with one attached hydrogen (secondary N) is 1. The maximum Gasteiger partial charge on any atom is 0.259 e. The van der Waals surface area contributed by atoms with E-state index in [-0.39, 0.29) is 5.91 Å². The fourth-order valence-electron chi connectivity index (χ4n) is 3.14. The van der Waals surface area contributed by atoms with Gasteiger partial charge in [0, 0.05) is 35.6 Å². The van der Waals surface area contributed by atoms with Gasteiger partial charge >= 0.3 is 0 Å². The van der Waals surface area contributed by atoms with Gasteiger partial charge in [-0.15, -0.1) is 0 Å². The number of aromatic nitrogens is 2. The fraction of sp³-hybridized carbons (Fsp3) is 0.0833. The highest BCUT2D eigenvalue weighted by molar-refractivity contribution is 6.08. The van der Waals surface area contributed by atoms with Crippen LogP contribution in [-0.4, -0.2) is 29.9 Å². The number of anilines is 1. The van der Waals surface area contributed by atoms with Crippen LogP contribution in [0.5, 0.6) is 11.5 Å². The first-order valence-corrected chi connectivity index (χ1v) is 9.43. The van der Waals surface area contributed by atoms with Crippen LogP contribution in [0.2, 0.25) is 0 Å². The molecule has 0 atom stereocenters. The van der Waals surface area contributed by atoms with Gasteiger partial charge in [-0.3, -0.25) is 4.79 Å². The minimum atomic E-state index is -0.272. The zero-order valence-corrected chi connectivity index (χ0v) is 16.7. The summed E-state index contributed by atoms with van der Waals surface area (Å²) in [5.41, 5.74) is 3.37. The Balaban J connectivity index is 1.74. The summed E-state index contributed by atoms with van der Waals surface area (Å²) in [4.78, 5) is 13.2. The lowest BCUT2D eigenvalue weighted by molar-refractivity contribution is 0.102. The van der Waals surface area contributed by atoms with Crippen molar-refractivity contribution in [1.29, 1.82) is 0 Å². The summed E-state index contributed by atoms with van der Waals surface area (Å²) in [5.74, 6) is 0.909. The van der Waals surface area contributed by atoms with Crippen molar-refractivity contribution in [3.05, 3.63) is 90.6 Å². The molecule has 1 N–H and O–H groups in total. The van der Waals surface area contributed by atoms with Crippen LogP contribution in [0.3, 0.4) is 0 Å². The molecule has 30 heavy (non-hydrogen) atoms. The van der Waals surface area contributed by atoms with E-state index in [1.807, 2.05) is 60.7 Å². The highest BCUT2D eigenvalue weighted by Crippen LogP contribution is 2.28. The van der Waals surface area contributed by atoms with Crippen molar-refractivity contribution < 1.29 is 14.3 Å². The zero-order chi connectivity index (χ0) is 20.9. The van der Waals surface area contributed by atoms with Crippen LogP contribution in [0.15, 0.2) is 85.1 Å². The van der Waals surface area contributed by atoms with E-state index in [2.05, 4.69) is 10.4 Å². The predicted molar refractivity (Wildman–Crippen MR) is 116 cm³/mol. The molecular formula is C24H21N3O3. The summed E-state index contributed by atoms with van der Waals surface area (Å²) >= 11 is 0. The van der Waals surface area contributed by atoms with Crippen molar-refractivity contribution in [2.75, 3.05) is 19.5 Å². The maximum absolute atomic E-state index is 13.2. The Labute approximate surface area is 174 Å². The summed E-state index contributed by atoms with van der Waals surface area (Å²) < 4.78 is 12.3. The van der Waals surface area contributed by atoms with Gasteiger partial charge < -0.3 is 14.8 Å². The number of benzene rings is 3. The smallest absolute Gasteiger partial charge is 0.259 e. The second-order valence-corrected chi connectivity index (χ2v) is 6.59. The van der Waals surface area contributed by atoms with Crippen LogP contribution in [0.25, 0.3) is 16.9 Å². The zero-order valence-electron chi connectivity index (χ0n) is 16.7. The molecule has 0 aliphatic carbocycles. The van der Waals surface area contributed by atoms with Crippen LogP contribution in [0, 0.1) is 0 Å². The molecule has 3 aromatic carbocycles. The second kappa shape index (κ2) is 8.53. The number of hydrogen-bond donors (Lipinski definition) is 1. The minimum absolute atomic E-state index is 0.272. The van der Waals surface area contributed by atoms with Gasteiger partial charge in [-0.05, 0) is 12.1 Å². The summed E-state index contributed by atoms with van der Waals surface area (Å²) in [5, 5.41) is 7.62. The molecule has 0 aliphatic rings. The van der Waals surface area contributed by atoms with Crippen molar-refractivity contribution in [1.82, 2.24) is 9.78 Å². The SMILES string of the molecule is COc1cc(NC(=O)c2cn(-c3ccccc3)nc2-c2ccccc2)cc(OC)c1. The molecule has 1 heterocycles. The van der Waals surface area contributed by atoms with Crippen molar-refractivity contribution >= 4 is 11.6 Å². The highest BCUT2D eigenvalue weighted by Gasteiger charge is 2.19. The lowest BCUT2D eigenvalue weighted by atomic mass is 10.1. The first kappa shape index (κ1) is 19.3. The van der Waals surface area contributed by atoms with Gasteiger partial charge in [0.05, 0.1) is 25.5 Å². The van der Waals surface area contributed by atoms with Gasteiger partial charge in [-0.1, -0.05) is 48.5 Å². The Bertz CT molecular complexity index is 1130. The summed E-state index contributed by atoms with van der Waals surface area (Å²) in [6.07, 6.45) is 1.74.